The van der Waals surface area contributed by atoms with Crippen LogP contribution in [0.15, 0.2) is 48.7 Å². The summed E-state index contributed by atoms with van der Waals surface area (Å²) in [5.41, 5.74) is 6.65. The van der Waals surface area contributed by atoms with Crippen molar-refractivity contribution in [3.8, 4) is 17.4 Å². The van der Waals surface area contributed by atoms with Gasteiger partial charge in [-0.3, -0.25) is 14.5 Å². The molecule has 0 aliphatic carbocycles. The lowest BCUT2D eigenvalue weighted by Gasteiger charge is -2.29. The van der Waals surface area contributed by atoms with Gasteiger partial charge in [0.2, 0.25) is 12.7 Å². The van der Waals surface area contributed by atoms with E-state index in [1.54, 1.807) is 9.47 Å². The number of carboxylic acid groups (broad SMARTS) is 1. The quantitative estimate of drug-likeness (QED) is 0.313. The zero-order valence-electron chi connectivity index (χ0n) is 22.9. The van der Waals surface area contributed by atoms with E-state index >= 15 is 0 Å². The van der Waals surface area contributed by atoms with Crippen LogP contribution in [0.3, 0.4) is 0 Å². The van der Waals surface area contributed by atoms with E-state index in [2.05, 4.69) is 6.92 Å². The van der Waals surface area contributed by atoms with E-state index in [9.17, 15) is 19.8 Å². The third-order valence-corrected chi connectivity index (χ3v) is 8.16. The molecule has 10 nitrogen and oxygen atoms in total. The van der Waals surface area contributed by atoms with Gasteiger partial charge in [-0.2, -0.15) is 0 Å². The summed E-state index contributed by atoms with van der Waals surface area (Å²) in [7, 11) is 0. The second-order valence-corrected chi connectivity index (χ2v) is 10.6. The smallest absolute Gasteiger partial charge is 0.308 e. The molecule has 214 valence electrons. The van der Waals surface area contributed by atoms with E-state index in [1.165, 1.54) is 0 Å². The highest BCUT2D eigenvalue weighted by atomic mass is 16.7. The first kappa shape index (κ1) is 27.8. The number of hydrogen-bond acceptors (Lipinski definition) is 7. The van der Waals surface area contributed by atoms with Crippen molar-refractivity contribution < 1.29 is 29.3 Å². The number of nitrogens with two attached hydrogens (primary N) is 1. The van der Waals surface area contributed by atoms with Gasteiger partial charge >= 0.3 is 5.97 Å². The van der Waals surface area contributed by atoms with E-state index in [0.717, 1.165) is 29.2 Å². The van der Waals surface area contributed by atoms with E-state index < -0.39 is 17.9 Å². The molecule has 1 fully saturated rings. The van der Waals surface area contributed by atoms with Gasteiger partial charge in [0, 0.05) is 61.7 Å². The van der Waals surface area contributed by atoms with Crippen molar-refractivity contribution in [2.45, 2.75) is 44.7 Å². The molecule has 2 aliphatic rings. The maximum atomic E-state index is 13.5. The van der Waals surface area contributed by atoms with Crippen molar-refractivity contribution in [2.24, 2.45) is 11.7 Å². The molecule has 0 spiro atoms. The number of rotatable bonds is 12. The zero-order valence-corrected chi connectivity index (χ0v) is 22.9. The van der Waals surface area contributed by atoms with Crippen LogP contribution in [0.5, 0.6) is 17.4 Å². The second kappa shape index (κ2) is 12.2. The fraction of sp³-hybridized carbons (Fsp3) is 0.467. The Bertz CT molecular complexity index is 1360. The van der Waals surface area contributed by atoms with Gasteiger partial charge in [0.25, 0.3) is 0 Å². The van der Waals surface area contributed by atoms with Crippen LogP contribution in [0.2, 0.25) is 0 Å². The molecule has 0 radical (unpaired) electrons. The molecule has 4 N–H and O–H groups in total. The zero-order chi connectivity index (χ0) is 28.2. The van der Waals surface area contributed by atoms with Gasteiger partial charge in [0.15, 0.2) is 17.4 Å². The number of nitrogens with zero attached hydrogens (tertiary/aromatic N) is 3. The lowest BCUT2D eigenvalue weighted by atomic mass is 9.84. The first-order chi connectivity index (χ1) is 19.4. The summed E-state index contributed by atoms with van der Waals surface area (Å²) >= 11 is 0. The fourth-order valence-corrected chi connectivity index (χ4v) is 6.11. The SMILES string of the molecule is CCCCN(CCN)C(=O)CN1C[C@H](c2ccc3c(c2)OCO3)C(C(=O)O)[C@@H]1CCn1cc2ccccc2c1O. The van der Waals surface area contributed by atoms with Gasteiger partial charge < -0.3 is 34.9 Å². The van der Waals surface area contributed by atoms with Crippen LogP contribution >= 0.6 is 0 Å². The largest absolute Gasteiger partial charge is 0.494 e. The standard InChI is InChI=1S/C30H38N4O6/c1-2-3-12-32(14-11-31)27(35)18-34-17-23(20-8-9-25-26(15-20)40-19-39-25)28(30(37)38)24(34)10-13-33-16-21-6-4-5-7-22(21)29(33)36/h4-9,15-16,23-24,28,36H,2-3,10-14,17-19,31H2,1H3,(H,37,38)/t23-,24+,28?/m1/s1. The van der Waals surface area contributed by atoms with Gasteiger partial charge in [-0.25, -0.2) is 0 Å². The summed E-state index contributed by atoms with van der Waals surface area (Å²) in [4.78, 5) is 30.1. The molecule has 2 aromatic carbocycles. The number of carbonyl (C=O) groups excluding carboxylic acids is 1. The van der Waals surface area contributed by atoms with Crippen LogP contribution in [-0.4, -0.2) is 82.0 Å². The van der Waals surface area contributed by atoms with Crippen LogP contribution < -0.4 is 15.2 Å². The maximum absolute atomic E-state index is 13.5. The number of ether oxygens (including phenoxy) is 2. The number of aryl methyl sites for hydroxylation is 1. The van der Waals surface area contributed by atoms with Crippen LogP contribution in [-0.2, 0) is 16.1 Å². The predicted octanol–water partition coefficient (Wildman–Crippen LogP) is 3.22. The van der Waals surface area contributed by atoms with Crippen LogP contribution in [0.4, 0.5) is 0 Å². The lowest BCUT2D eigenvalue weighted by Crippen LogP contribution is -2.46. The Labute approximate surface area is 233 Å². The number of unbranched alkanes of at least 4 members (excludes halogenated alkanes) is 1. The minimum Gasteiger partial charge on any atom is -0.494 e. The number of benzene rings is 2. The van der Waals surface area contributed by atoms with Crippen LogP contribution in [0, 0.1) is 5.92 Å². The number of aromatic nitrogens is 1. The van der Waals surface area contributed by atoms with E-state index in [-0.39, 0.29) is 31.0 Å². The molecule has 40 heavy (non-hydrogen) atoms. The van der Waals surface area contributed by atoms with Crippen molar-refractivity contribution >= 4 is 22.6 Å². The number of likely N-dealkylation sites (tertiary alicyclic amines) is 1. The van der Waals surface area contributed by atoms with Crippen molar-refractivity contribution in [2.75, 3.05) is 39.5 Å². The minimum absolute atomic E-state index is 0.0473. The van der Waals surface area contributed by atoms with E-state index in [0.29, 0.717) is 50.6 Å². The molecule has 1 aromatic heterocycles. The maximum Gasteiger partial charge on any atom is 0.308 e. The molecule has 10 heteroatoms. The molecule has 2 aliphatic heterocycles. The summed E-state index contributed by atoms with van der Waals surface area (Å²) in [5, 5.41) is 23.0. The monoisotopic (exact) mass is 550 g/mol. The number of fused-ring (bicyclic) bond motifs is 2. The van der Waals surface area contributed by atoms with Crippen LogP contribution in [0.25, 0.3) is 10.8 Å². The average molecular weight is 551 g/mol. The molecule has 1 unspecified atom stereocenters. The van der Waals surface area contributed by atoms with Gasteiger partial charge in [-0.15, -0.1) is 0 Å². The molecule has 0 bridgehead atoms. The molecule has 0 saturated carbocycles. The number of carbonyl (C=O) groups is 2. The second-order valence-electron chi connectivity index (χ2n) is 10.6. The van der Waals surface area contributed by atoms with E-state index in [4.69, 9.17) is 15.2 Å². The number of hydrogen-bond donors (Lipinski definition) is 3. The summed E-state index contributed by atoms with van der Waals surface area (Å²) in [5.74, 6) is -0.655. The fourth-order valence-electron chi connectivity index (χ4n) is 6.11. The molecule has 1 amide bonds. The Balaban J connectivity index is 1.43. The third kappa shape index (κ3) is 5.59. The highest BCUT2D eigenvalue weighted by Crippen LogP contribution is 2.43. The Morgan fingerprint density at radius 1 is 1.12 bits per heavy atom. The summed E-state index contributed by atoms with van der Waals surface area (Å²) in [6.45, 7) is 4.62. The first-order valence-electron chi connectivity index (χ1n) is 14.0. The van der Waals surface area contributed by atoms with Crippen molar-refractivity contribution in [1.82, 2.24) is 14.4 Å². The highest BCUT2D eigenvalue weighted by molar-refractivity contribution is 5.87. The molecule has 3 atom stereocenters. The normalized spacial score (nSPS) is 20.3. The Morgan fingerprint density at radius 3 is 2.67 bits per heavy atom. The molecular formula is C30H38N4O6. The van der Waals surface area contributed by atoms with Crippen molar-refractivity contribution in [3.05, 3.63) is 54.2 Å². The van der Waals surface area contributed by atoms with E-state index in [1.807, 2.05) is 53.6 Å². The van der Waals surface area contributed by atoms with Gasteiger partial charge in [0.1, 0.15) is 0 Å². The number of amides is 1. The summed E-state index contributed by atoms with van der Waals surface area (Å²) in [6, 6.07) is 12.7. The predicted molar refractivity (Wildman–Crippen MR) is 151 cm³/mol. The van der Waals surface area contributed by atoms with Gasteiger partial charge in [0.05, 0.1) is 12.5 Å². The first-order valence-corrected chi connectivity index (χ1v) is 14.0. The lowest BCUT2D eigenvalue weighted by molar-refractivity contribution is -0.144. The Morgan fingerprint density at radius 2 is 1.93 bits per heavy atom. The van der Waals surface area contributed by atoms with Gasteiger partial charge in [-0.05, 0) is 36.6 Å². The minimum atomic E-state index is -0.908. The molecular weight excluding hydrogens is 512 g/mol. The average Bonchev–Trinajstić information content (AvgIpc) is 3.65. The van der Waals surface area contributed by atoms with Crippen LogP contribution in [0.1, 0.15) is 37.7 Å². The third-order valence-electron chi connectivity index (χ3n) is 8.16. The molecule has 3 heterocycles. The summed E-state index contributed by atoms with van der Waals surface area (Å²) < 4.78 is 12.8. The van der Waals surface area contributed by atoms with Crippen molar-refractivity contribution in [1.29, 1.82) is 0 Å². The molecule has 5 rings (SSSR count). The Hall–Kier alpha value is -3.76. The molecule has 1 saturated heterocycles. The number of aromatic hydroxyl groups is 1. The highest BCUT2D eigenvalue weighted by Gasteiger charge is 2.47. The van der Waals surface area contributed by atoms with Gasteiger partial charge in [-0.1, -0.05) is 37.6 Å². The number of carboxylic acids is 1. The number of aliphatic carboxylic acids is 1. The topological polar surface area (TPSA) is 130 Å². The molecule has 3 aromatic rings. The van der Waals surface area contributed by atoms with Crippen molar-refractivity contribution in [3.63, 3.8) is 0 Å². The Kier molecular flexibility index (Phi) is 8.46. The summed E-state index contributed by atoms with van der Waals surface area (Å²) in [6.07, 6.45) is 4.18.